The fourth-order valence-electron chi connectivity index (χ4n) is 6.14. The van der Waals surface area contributed by atoms with Crippen molar-refractivity contribution in [3.63, 3.8) is 0 Å². The number of aromatic nitrogens is 2. The number of piperidine rings is 1. The zero-order valence-electron chi connectivity index (χ0n) is 16.8. The van der Waals surface area contributed by atoms with Gasteiger partial charge in [-0.3, -0.25) is 9.48 Å². The van der Waals surface area contributed by atoms with E-state index in [1.165, 1.54) is 24.8 Å². The lowest BCUT2D eigenvalue weighted by Crippen LogP contribution is -2.57. The van der Waals surface area contributed by atoms with Crippen molar-refractivity contribution < 1.29 is 4.79 Å². The maximum Gasteiger partial charge on any atom is 0.272 e. The normalized spacial score (nSPS) is 34.3. The Labute approximate surface area is 167 Å². The Hall–Kier alpha value is -2.14. The van der Waals surface area contributed by atoms with Gasteiger partial charge in [0.05, 0.1) is 0 Å². The number of nitrogens with zero attached hydrogens (tertiary/aromatic N) is 3. The summed E-state index contributed by atoms with van der Waals surface area (Å²) in [5, 5.41) is 8.25. The molecule has 5 rings (SSSR count). The third kappa shape index (κ3) is 2.71. The van der Waals surface area contributed by atoms with Gasteiger partial charge in [-0.25, -0.2) is 0 Å². The number of hydrogen-bond acceptors (Lipinski definition) is 3. The second kappa shape index (κ2) is 6.73. The molecule has 3 aliphatic rings. The number of carbonyl (C=O) groups is 1. The number of carbonyl (C=O) groups excluding carboxylic acids is 1. The number of aryl methyl sites for hydroxylation is 1. The lowest BCUT2D eigenvalue weighted by atomic mass is 9.70. The monoisotopic (exact) mass is 378 g/mol. The van der Waals surface area contributed by atoms with Crippen molar-refractivity contribution in [2.24, 2.45) is 12.5 Å². The van der Waals surface area contributed by atoms with Crippen molar-refractivity contribution in [1.82, 2.24) is 20.0 Å². The predicted octanol–water partition coefficient (Wildman–Crippen LogP) is 3.17. The van der Waals surface area contributed by atoms with Crippen LogP contribution in [-0.4, -0.2) is 44.8 Å². The van der Waals surface area contributed by atoms with Gasteiger partial charge in [0, 0.05) is 42.8 Å². The Morgan fingerprint density at radius 3 is 2.75 bits per heavy atom. The first-order chi connectivity index (χ1) is 13.6. The first-order valence-electron chi connectivity index (χ1n) is 10.7. The van der Waals surface area contributed by atoms with Gasteiger partial charge >= 0.3 is 0 Å². The lowest BCUT2D eigenvalue weighted by molar-refractivity contribution is 0.0600. The molecule has 0 radical (unpaired) electrons. The van der Waals surface area contributed by atoms with Crippen molar-refractivity contribution in [2.75, 3.05) is 0 Å². The number of hydrogen-bond donors (Lipinski definition) is 1. The third-order valence-electron chi connectivity index (χ3n) is 7.57. The molecule has 2 aliphatic heterocycles. The molecule has 28 heavy (non-hydrogen) atoms. The molecule has 5 heteroatoms. The summed E-state index contributed by atoms with van der Waals surface area (Å²) in [5.41, 5.74) is 2.22. The van der Waals surface area contributed by atoms with Crippen LogP contribution in [0.25, 0.3) is 0 Å². The fourth-order valence-corrected chi connectivity index (χ4v) is 6.14. The summed E-state index contributed by atoms with van der Waals surface area (Å²) in [6, 6.07) is 13.9. The Morgan fingerprint density at radius 2 is 2.00 bits per heavy atom. The fraction of sp³-hybridized carbons (Fsp3) is 0.565. The molecule has 5 nitrogen and oxygen atoms in total. The summed E-state index contributed by atoms with van der Waals surface area (Å²) in [6.45, 7) is 2.42. The van der Waals surface area contributed by atoms with E-state index in [-0.39, 0.29) is 17.4 Å². The molecule has 148 valence electrons. The third-order valence-corrected chi connectivity index (χ3v) is 7.57. The van der Waals surface area contributed by atoms with Gasteiger partial charge in [0.25, 0.3) is 5.91 Å². The lowest BCUT2D eigenvalue weighted by Gasteiger charge is -2.43. The van der Waals surface area contributed by atoms with E-state index in [0.29, 0.717) is 23.8 Å². The Kier molecular flexibility index (Phi) is 4.31. The minimum Gasteiger partial charge on any atom is -0.329 e. The van der Waals surface area contributed by atoms with E-state index in [1.807, 2.05) is 13.1 Å². The molecule has 1 saturated carbocycles. The second-order valence-electron chi connectivity index (χ2n) is 9.15. The Bertz CT molecular complexity index is 862. The van der Waals surface area contributed by atoms with Crippen LogP contribution in [0.2, 0.25) is 0 Å². The molecule has 1 aromatic carbocycles. The average molecular weight is 379 g/mol. The molecular formula is C23H30N4O. The molecule has 2 saturated heterocycles. The molecular weight excluding hydrogens is 348 g/mol. The highest BCUT2D eigenvalue weighted by molar-refractivity contribution is 5.93. The smallest absolute Gasteiger partial charge is 0.272 e. The van der Waals surface area contributed by atoms with E-state index < -0.39 is 0 Å². The molecule has 1 amide bonds. The molecule has 5 atom stereocenters. The van der Waals surface area contributed by atoms with Gasteiger partial charge in [-0.05, 0) is 37.3 Å². The molecule has 1 aliphatic carbocycles. The summed E-state index contributed by atoms with van der Waals surface area (Å²) in [5.74, 6) is 0.154. The highest BCUT2D eigenvalue weighted by atomic mass is 16.2. The number of amides is 1. The van der Waals surface area contributed by atoms with Crippen molar-refractivity contribution in [3.05, 3.63) is 53.9 Å². The van der Waals surface area contributed by atoms with Crippen LogP contribution in [0, 0.1) is 5.41 Å². The highest BCUT2D eigenvalue weighted by Crippen LogP contribution is 2.52. The molecule has 1 N–H and O–H groups in total. The number of nitrogens with one attached hydrogen (secondary N) is 1. The van der Waals surface area contributed by atoms with Gasteiger partial charge in [-0.1, -0.05) is 50.1 Å². The SMILES string of the molecule is Cn1nccc1C(=O)N1[C@H]2CCCC[C@H]3N[C@H](Cc4ccccc4)[C@@H]1C[C@@]23C. The van der Waals surface area contributed by atoms with Crippen LogP contribution in [0.4, 0.5) is 0 Å². The van der Waals surface area contributed by atoms with E-state index in [0.717, 1.165) is 19.3 Å². The first-order valence-corrected chi connectivity index (χ1v) is 10.7. The maximum atomic E-state index is 13.7. The standard InChI is InChI=1S/C23H30N4O/c1-23-15-19-17(14-16-8-4-3-5-9-16)25-20(23)10-6-7-11-21(23)27(19)22(28)18-12-13-24-26(18)2/h3-5,8-9,12-13,17,19-21,25H,6-7,10-11,14-15H2,1-2H3/t17-,19+,20-,21+,23-/m1/s1. The van der Waals surface area contributed by atoms with Crippen LogP contribution >= 0.6 is 0 Å². The van der Waals surface area contributed by atoms with Gasteiger partial charge in [-0.2, -0.15) is 5.10 Å². The van der Waals surface area contributed by atoms with E-state index in [1.54, 1.807) is 10.9 Å². The van der Waals surface area contributed by atoms with E-state index in [9.17, 15) is 4.79 Å². The highest BCUT2D eigenvalue weighted by Gasteiger charge is 2.60. The minimum atomic E-state index is 0.154. The second-order valence-corrected chi connectivity index (χ2v) is 9.15. The Morgan fingerprint density at radius 1 is 1.21 bits per heavy atom. The van der Waals surface area contributed by atoms with Gasteiger partial charge < -0.3 is 10.2 Å². The van der Waals surface area contributed by atoms with E-state index >= 15 is 0 Å². The predicted molar refractivity (Wildman–Crippen MR) is 109 cm³/mol. The molecule has 3 fully saturated rings. The van der Waals surface area contributed by atoms with Gasteiger partial charge in [0.15, 0.2) is 0 Å². The van der Waals surface area contributed by atoms with Crippen molar-refractivity contribution in [3.8, 4) is 0 Å². The summed E-state index contributed by atoms with van der Waals surface area (Å²) >= 11 is 0. The van der Waals surface area contributed by atoms with Gasteiger partial charge in [-0.15, -0.1) is 0 Å². The topological polar surface area (TPSA) is 50.2 Å². The van der Waals surface area contributed by atoms with Crippen LogP contribution in [0.3, 0.4) is 0 Å². The van der Waals surface area contributed by atoms with Crippen LogP contribution in [0.1, 0.15) is 55.1 Å². The number of benzene rings is 1. The van der Waals surface area contributed by atoms with Crippen LogP contribution < -0.4 is 5.32 Å². The van der Waals surface area contributed by atoms with Crippen molar-refractivity contribution >= 4 is 5.91 Å². The number of fused-ring (bicyclic) bond motifs is 1. The van der Waals surface area contributed by atoms with Crippen LogP contribution in [-0.2, 0) is 13.5 Å². The first kappa shape index (κ1) is 17.9. The minimum absolute atomic E-state index is 0.154. The van der Waals surface area contributed by atoms with Crippen molar-refractivity contribution in [1.29, 1.82) is 0 Å². The molecule has 0 unspecified atom stereocenters. The molecule has 0 spiro atoms. The molecule has 3 heterocycles. The van der Waals surface area contributed by atoms with Crippen molar-refractivity contribution in [2.45, 2.75) is 69.6 Å². The van der Waals surface area contributed by atoms with E-state index in [2.05, 4.69) is 52.6 Å². The van der Waals surface area contributed by atoms with Crippen LogP contribution in [0.5, 0.6) is 0 Å². The zero-order chi connectivity index (χ0) is 19.3. The summed E-state index contributed by atoms with van der Waals surface area (Å²) in [4.78, 5) is 15.9. The molecule has 1 aromatic heterocycles. The number of likely N-dealkylation sites (tertiary alicyclic amines) is 1. The average Bonchev–Trinajstić information content (AvgIpc) is 3.18. The summed E-state index contributed by atoms with van der Waals surface area (Å²) < 4.78 is 1.72. The Balaban J connectivity index is 1.53. The molecule has 2 aromatic rings. The summed E-state index contributed by atoms with van der Waals surface area (Å²) in [6.07, 6.45) is 8.61. The van der Waals surface area contributed by atoms with Crippen LogP contribution in [0.15, 0.2) is 42.6 Å². The van der Waals surface area contributed by atoms with Gasteiger partial charge in [0.1, 0.15) is 5.69 Å². The quantitative estimate of drug-likeness (QED) is 0.893. The number of rotatable bonds is 3. The summed E-state index contributed by atoms with van der Waals surface area (Å²) in [7, 11) is 1.87. The largest absolute Gasteiger partial charge is 0.329 e. The maximum absolute atomic E-state index is 13.7. The molecule has 2 bridgehead atoms. The zero-order valence-corrected chi connectivity index (χ0v) is 16.8. The van der Waals surface area contributed by atoms with Gasteiger partial charge in [0.2, 0.25) is 0 Å². The van der Waals surface area contributed by atoms with E-state index in [4.69, 9.17) is 0 Å².